The predicted molar refractivity (Wildman–Crippen MR) is 153 cm³/mol. The number of benzene rings is 2. The molecule has 0 radical (unpaired) electrons. The van der Waals surface area contributed by atoms with Gasteiger partial charge >= 0.3 is 0 Å². The van der Waals surface area contributed by atoms with Crippen molar-refractivity contribution in [3.8, 4) is 11.3 Å². The Balaban J connectivity index is 1.26. The van der Waals surface area contributed by atoms with E-state index in [4.69, 9.17) is 15.8 Å². The molecule has 2 aromatic carbocycles. The number of hydrogen-bond acceptors (Lipinski definition) is 8. The molecule has 4 N–H and O–H groups in total. The number of H-pyrrole nitrogens is 1. The van der Waals surface area contributed by atoms with E-state index in [0.29, 0.717) is 18.4 Å². The zero-order valence-corrected chi connectivity index (χ0v) is 22.7. The molecule has 1 fully saturated rings. The standard InChI is InChI=1S/C28H32N8O2S/c1-39(37,38)14-13-30-20-8-10-21(11-9-20)36-28-25(27(29)31-17-32-28)26(35-36)19-7-12-22-23(16-19)34-24(33-22)15-18-5-3-2-4-6-18/h2-7,12,16-17,20-21,30H,8-11,13-15H2,1H3,(H,33,34)(H2,29,31,32)/t20-,21-. The molecule has 0 spiro atoms. The Morgan fingerprint density at radius 3 is 2.64 bits per heavy atom. The molecule has 3 aromatic heterocycles. The quantitative estimate of drug-likeness (QED) is 0.268. The van der Waals surface area contributed by atoms with Crippen molar-refractivity contribution in [1.29, 1.82) is 0 Å². The number of nitrogens with two attached hydrogens (primary N) is 1. The third kappa shape index (κ3) is 5.50. The molecule has 0 amide bonds. The third-order valence-electron chi connectivity index (χ3n) is 7.49. The first kappa shape index (κ1) is 25.4. The molecule has 10 nitrogen and oxygen atoms in total. The van der Waals surface area contributed by atoms with Gasteiger partial charge in [0.05, 0.1) is 28.2 Å². The highest BCUT2D eigenvalue weighted by atomic mass is 32.2. The van der Waals surface area contributed by atoms with Crippen molar-refractivity contribution in [3.05, 3.63) is 66.2 Å². The van der Waals surface area contributed by atoms with Crippen LogP contribution in [0.15, 0.2) is 54.9 Å². The fourth-order valence-corrected chi connectivity index (χ4v) is 5.99. The lowest BCUT2D eigenvalue weighted by molar-refractivity contribution is 0.283. The van der Waals surface area contributed by atoms with Gasteiger partial charge < -0.3 is 16.0 Å². The van der Waals surface area contributed by atoms with Gasteiger partial charge in [0.2, 0.25) is 0 Å². The summed E-state index contributed by atoms with van der Waals surface area (Å²) in [6.45, 7) is 0.482. The second-order valence-electron chi connectivity index (χ2n) is 10.4. The van der Waals surface area contributed by atoms with Gasteiger partial charge in [-0.15, -0.1) is 0 Å². The number of fused-ring (bicyclic) bond motifs is 2. The number of nitrogens with one attached hydrogen (secondary N) is 2. The predicted octanol–water partition coefficient (Wildman–Crippen LogP) is 3.66. The van der Waals surface area contributed by atoms with E-state index in [2.05, 4.69) is 32.4 Å². The normalized spacial score (nSPS) is 18.2. The van der Waals surface area contributed by atoms with Crippen LogP contribution in [-0.2, 0) is 16.3 Å². The first-order chi connectivity index (χ1) is 18.8. The van der Waals surface area contributed by atoms with Gasteiger partial charge in [-0.1, -0.05) is 36.4 Å². The fourth-order valence-electron chi connectivity index (χ4n) is 5.50. The molecule has 5 aromatic rings. The summed E-state index contributed by atoms with van der Waals surface area (Å²) in [5.41, 5.74) is 11.8. The maximum atomic E-state index is 11.4. The smallest absolute Gasteiger partial charge is 0.164 e. The number of anilines is 1. The van der Waals surface area contributed by atoms with E-state index in [1.807, 2.05) is 41.1 Å². The number of aromatic amines is 1. The van der Waals surface area contributed by atoms with Crippen LogP contribution >= 0.6 is 0 Å². The summed E-state index contributed by atoms with van der Waals surface area (Å²) in [5, 5.41) is 9.19. The Kier molecular flexibility index (Phi) is 6.78. The zero-order valence-electron chi connectivity index (χ0n) is 21.8. The van der Waals surface area contributed by atoms with Gasteiger partial charge in [-0.25, -0.2) is 28.1 Å². The van der Waals surface area contributed by atoms with Crippen LogP contribution in [0.25, 0.3) is 33.3 Å². The molecule has 0 saturated heterocycles. The van der Waals surface area contributed by atoms with Crippen molar-refractivity contribution in [2.45, 2.75) is 44.2 Å². The minimum Gasteiger partial charge on any atom is -0.383 e. The average molecular weight is 545 g/mol. The summed E-state index contributed by atoms with van der Waals surface area (Å²) in [5.74, 6) is 1.47. The van der Waals surface area contributed by atoms with Crippen LogP contribution in [0, 0.1) is 0 Å². The molecule has 1 saturated carbocycles. The lowest BCUT2D eigenvalue weighted by Crippen LogP contribution is -2.36. The SMILES string of the molecule is CS(=O)(=O)CCN[C@H]1CC[C@H](n2nc(-c3ccc4[nH]c(Cc5ccccc5)nc4c3)c3c(N)ncnc32)CC1. The van der Waals surface area contributed by atoms with Crippen LogP contribution in [0.1, 0.15) is 43.1 Å². The highest BCUT2D eigenvalue weighted by Gasteiger charge is 2.27. The summed E-state index contributed by atoms with van der Waals surface area (Å²) in [7, 11) is -2.97. The number of sulfone groups is 1. The molecule has 0 atom stereocenters. The lowest BCUT2D eigenvalue weighted by Gasteiger charge is -2.29. The number of hydrogen-bond donors (Lipinski definition) is 3. The molecule has 39 heavy (non-hydrogen) atoms. The van der Waals surface area contributed by atoms with Crippen molar-refractivity contribution < 1.29 is 8.42 Å². The van der Waals surface area contributed by atoms with Gasteiger partial charge in [-0.3, -0.25) is 0 Å². The monoisotopic (exact) mass is 544 g/mol. The topological polar surface area (TPSA) is 144 Å². The van der Waals surface area contributed by atoms with Crippen LogP contribution in [0.2, 0.25) is 0 Å². The van der Waals surface area contributed by atoms with Gasteiger partial charge in [0.15, 0.2) is 5.65 Å². The van der Waals surface area contributed by atoms with Gasteiger partial charge in [0.25, 0.3) is 0 Å². The summed E-state index contributed by atoms with van der Waals surface area (Å²) in [6, 6.07) is 16.9. The molecule has 0 aliphatic heterocycles. The molecule has 1 aliphatic rings. The minimum absolute atomic E-state index is 0.157. The van der Waals surface area contributed by atoms with Crippen molar-refractivity contribution in [2.75, 3.05) is 24.3 Å². The van der Waals surface area contributed by atoms with Crippen LogP contribution in [0.5, 0.6) is 0 Å². The Hall–Kier alpha value is -3.83. The van der Waals surface area contributed by atoms with Crippen LogP contribution in [-0.4, -0.2) is 62.7 Å². The molecule has 6 rings (SSSR count). The lowest BCUT2D eigenvalue weighted by atomic mass is 9.91. The minimum atomic E-state index is -2.97. The Bertz CT molecular complexity index is 1720. The van der Waals surface area contributed by atoms with E-state index in [0.717, 1.165) is 71.3 Å². The summed E-state index contributed by atoms with van der Waals surface area (Å²) in [4.78, 5) is 17.1. The van der Waals surface area contributed by atoms with Crippen molar-refractivity contribution >= 4 is 37.7 Å². The van der Waals surface area contributed by atoms with E-state index in [1.165, 1.54) is 18.1 Å². The maximum Gasteiger partial charge on any atom is 0.164 e. The van der Waals surface area contributed by atoms with Gasteiger partial charge in [0, 0.05) is 30.8 Å². The third-order valence-corrected chi connectivity index (χ3v) is 8.43. The average Bonchev–Trinajstić information content (AvgIpc) is 3.50. The molecular weight excluding hydrogens is 512 g/mol. The largest absolute Gasteiger partial charge is 0.383 e. The molecule has 0 unspecified atom stereocenters. The highest BCUT2D eigenvalue weighted by Crippen LogP contribution is 2.36. The van der Waals surface area contributed by atoms with E-state index < -0.39 is 9.84 Å². The number of imidazole rings is 1. The van der Waals surface area contributed by atoms with Gasteiger partial charge in [0.1, 0.15) is 33.5 Å². The molecule has 0 bridgehead atoms. The number of aromatic nitrogens is 6. The van der Waals surface area contributed by atoms with Crippen LogP contribution < -0.4 is 11.1 Å². The fraction of sp³-hybridized carbons (Fsp3) is 0.357. The van der Waals surface area contributed by atoms with Crippen LogP contribution in [0.3, 0.4) is 0 Å². The number of nitrogen functional groups attached to an aromatic ring is 1. The van der Waals surface area contributed by atoms with E-state index >= 15 is 0 Å². The zero-order chi connectivity index (χ0) is 27.0. The van der Waals surface area contributed by atoms with Crippen molar-refractivity contribution in [1.82, 2.24) is 35.0 Å². The number of nitrogens with zero attached hydrogens (tertiary/aromatic N) is 5. The summed E-state index contributed by atoms with van der Waals surface area (Å²) < 4.78 is 24.9. The van der Waals surface area contributed by atoms with Gasteiger partial charge in [-0.2, -0.15) is 5.10 Å². The first-order valence-corrected chi connectivity index (χ1v) is 15.3. The van der Waals surface area contributed by atoms with Crippen LogP contribution in [0.4, 0.5) is 5.82 Å². The molecule has 3 heterocycles. The number of rotatable bonds is 8. The Morgan fingerprint density at radius 1 is 1.08 bits per heavy atom. The van der Waals surface area contributed by atoms with E-state index in [9.17, 15) is 8.42 Å². The van der Waals surface area contributed by atoms with E-state index in [1.54, 1.807) is 0 Å². The molecular formula is C28H32N8O2S. The highest BCUT2D eigenvalue weighted by molar-refractivity contribution is 7.90. The Labute approximate surface area is 227 Å². The molecule has 202 valence electrons. The van der Waals surface area contributed by atoms with Crippen molar-refractivity contribution in [3.63, 3.8) is 0 Å². The maximum absolute atomic E-state index is 11.4. The summed E-state index contributed by atoms with van der Waals surface area (Å²) in [6.07, 6.45) is 7.20. The Morgan fingerprint density at radius 2 is 1.87 bits per heavy atom. The first-order valence-electron chi connectivity index (χ1n) is 13.3. The second-order valence-corrected chi connectivity index (χ2v) is 12.7. The van der Waals surface area contributed by atoms with Gasteiger partial charge in [-0.05, 0) is 43.4 Å². The van der Waals surface area contributed by atoms with Crippen molar-refractivity contribution in [2.24, 2.45) is 0 Å². The van der Waals surface area contributed by atoms with E-state index in [-0.39, 0.29) is 11.8 Å². The summed E-state index contributed by atoms with van der Waals surface area (Å²) >= 11 is 0. The second kappa shape index (κ2) is 10.4. The molecule has 1 aliphatic carbocycles. The molecule has 11 heteroatoms.